The molecule has 0 saturated heterocycles. The molecule has 0 saturated carbocycles. The number of hydrogen-bond donors (Lipinski definition) is 2. The van der Waals surface area contributed by atoms with Crippen LogP contribution in [0.1, 0.15) is 16.8 Å². The van der Waals surface area contributed by atoms with Crippen molar-refractivity contribution in [1.29, 1.82) is 0 Å². The second-order valence-electron chi connectivity index (χ2n) is 7.26. The Hall–Kier alpha value is -3.60. The third-order valence-corrected chi connectivity index (χ3v) is 5.14. The summed E-state index contributed by atoms with van der Waals surface area (Å²) in [6.07, 6.45) is 0. The van der Waals surface area contributed by atoms with Gasteiger partial charge >= 0.3 is 0 Å². The quantitative estimate of drug-likeness (QED) is 0.547. The molecule has 1 amide bonds. The number of aromatic nitrogens is 2. The third kappa shape index (κ3) is 3.85. The van der Waals surface area contributed by atoms with E-state index in [-0.39, 0.29) is 24.6 Å². The fourth-order valence-electron chi connectivity index (χ4n) is 3.72. The van der Waals surface area contributed by atoms with Crippen LogP contribution in [-0.2, 0) is 17.9 Å². The van der Waals surface area contributed by atoms with Gasteiger partial charge in [0.2, 0.25) is 5.91 Å². The molecule has 2 heterocycles. The summed E-state index contributed by atoms with van der Waals surface area (Å²) in [5, 5.41) is 3.99. The van der Waals surface area contributed by atoms with Crippen LogP contribution in [0.15, 0.2) is 71.5 Å². The highest BCUT2D eigenvalue weighted by Gasteiger charge is 2.14. The predicted molar refractivity (Wildman–Crippen MR) is 116 cm³/mol. The van der Waals surface area contributed by atoms with E-state index in [0.29, 0.717) is 5.56 Å². The largest absolute Gasteiger partial charge is 0.350 e. The van der Waals surface area contributed by atoms with Gasteiger partial charge in [0, 0.05) is 34.4 Å². The second-order valence-corrected chi connectivity index (χ2v) is 7.26. The number of carbonyl (C=O) groups excluding carboxylic acids is 1. The summed E-state index contributed by atoms with van der Waals surface area (Å²) in [5.74, 6) is -0.136. The molecule has 5 nitrogen and oxygen atoms in total. The lowest BCUT2D eigenvalue weighted by molar-refractivity contribution is -0.121. The minimum Gasteiger partial charge on any atom is -0.350 e. The van der Waals surface area contributed by atoms with Crippen LogP contribution in [0.4, 0.5) is 0 Å². The Bertz CT molecular complexity index is 1240. The van der Waals surface area contributed by atoms with Crippen molar-refractivity contribution in [1.82, 2.24) is 14.9 Å². The molecule has 4 aromatic rings. The fraction of sp³-hybridized carbons (Fsp3) is 0.167. The van der Waals surface area contributed by atoms with E-state index in [1.807, 2.05) is 79.1 Å². The normalized spacial score (nSPS) is 11.0. The van der Waals surface area contributed by atoms with Crippen LogP contribution >= 0.6 is 0 Å². The molecular weight excluding hydrogens is 362 g/mol. The van der Waals surface area contributed by atoms with Crippen molar-refractivity contribution in [3.05, 3.63) is 93.9 Å². The first-order chi connectivity index (χ1) is 14.0. The second kappa shape index (κ2) is 7.80. The standard InChI is InChI=1S/C24H23N3O2/c1-16-12-17(2)26-24(29)20(16)14-25-23(28)15-27-21-11-7-6-10-19(21)13-22(27)18-8-4-3-5-9-18/h3-13H,14-15H2,1-2H3,(H,25,28)(H,26,29). The number of rotatable bonds is 5. The Kier molecular flexibility index (Phi) is 5.04. The van der Waals surface area contributed by atoms with Crippen LogP contribution in [0.3, 0.4) is 0 Å². The van der Waals surface area contributed by atoms with Gasteiger partial charge in [-0.05, 0) is 43.2 Å². The van der Waals surface area contributed by atoms with Crippen molar-refractivity contribution < 1.29 is 4.79 Å². The number of H-pyrrole nitrogens is 1. The molecule has 0 spiro atoms. The van der Waals surface area contributed by atoms with Gasteiger partial charge in [-0.1, -0.05) is 48.5 Å². The molecule has 2 aromatic heterocycles. The molecule has 2 N–H and O–H groups in total. The number of amides is 1. The van der Waals surface area contributed by atoms with E-state index in [1.165, 1.54) is 0 Å². The van der Waals surface area contributed by atoms with Crippen LogP contribution in [0, 0.1) is 13.8 Å². The van der Waals surface area contributed by atoms with Crippen molar-refractivity contribution in [2.24, 2.45) is 0 Å². The maximum atomic E-state index is 12.8. The maximum Gasteiger partial charge on any atom is 0.253 e. The van der Waals surface area contributed by atoms with Crippen molar-refractivity contribution in [3.63, 3.8) is 0 Å². The number of nitrogens with one attached hydrogen (secondary N) is 2. The minimum absolute atomic E-state index is 0.136. The summed E-state index contributed by atoms with van der Waals surface area (Å²) in [4.78, 5) is 27.7. The van der Waals surface area contributed by atoms with E-state index >= 15 is 0 Å². The summed E-state index contributed by atoms with van der Waals surface area (Å²) in [6, 6.07) is 22.1. The van der Waals surface area contributed by atoms with Crippen molar-refractivity contribution in [3.8, 4) is 11.3 Å². The topological polar surface area (TPSA) is 66.9 Å². The fourth-order valence-corrected chi connectivity index (χ4v) is 3.72. The first-order valence-corrected chi connectivity index (χ1v) is 9.63. The molecule has 0 aliphatic carbocycles. The van der Waals surface area contributed by atoms with Gasteiger partial charge in [-0.2, -0.15) is 0 Å². The number of benzene rings is 2. The van der Waals surface area contributed by atoms with E-state index in [2.05, 4.69) is 16.4 Å². The lowest BCUT2D eigenvalue weighted by Gasteiger charge is -2.12. The molecule has 0 fully saturated rings. The first-order valence-electron chi connectivity index (χ1n) is 9.63. The average molecular weight is 385 g/mol. The Morgan fingerprint density at radius 2 is 1.72 bits per heavy atom. The zero-order chi connectivity index (χ0) is 20.4. The monoisotopic (exact) mass is 385 g/mol. The highest BCUT2D eigenvalue weighted by atomic mass is 16.2. The summed E-state index contributed by atoms with van der Waals surface area (Å²) < 4.78 is 2.02. The SMILES string of the molecule is Cc1cc(C)c(CNC(=O)Cn2c(-c3ccccc3)cc3ccccc32)c(=O)[nH]1. The molecule has 0 aliphatic heterocycles. The number of carbonyl (C=O) groups is 1. The molecule has 2 aromatic carbocycles. The van der Waals surface area contributed by atoms with Gasteiger partial charge in [-0.15, -0.1) is 0 Å². The van der Waals surface area contributed by atoms with Gasteiger partial charge in [0.1, 0.15) is 6.54 Å². The molecule has 29 heavy (non-hydrogen) atoms. The van der Waals surface area contributed by atoms with Gasteiger partial charge < -0.3 is 14.9 Å². The molecular formula is C24H23N3O2. The van der Waals surface area contributed by atoms with Crippen LogP contribution in [-0.4, -0.2) is 15.5 Å². The molecule has 0 atom stereocenters. The van der Waals surface area contributed by atoms with E-state index in [9.17, 15) is 9.59 Å². The molecule has 0 unspecified atom stereocenters. The number of pyridine rings is 1. The zero-order valence-electron chi connectivity index (χ0n) is 16.5. The van der Waals surface area contributed by atoms with Gasteiger partial charge in [0.15, 0.2) is 0 Å². The summed E-state index contributed by atoms with van der Waals surface area (Å²) in [5.41, 5.74) is 5.18. The third-order valence-electron chi connectivity index (χ3n) is 5.14. The smallest absolute Gasteiger partial charge is 0.253 e. The molecule has 0 radical (unpaired) electrons. The molecule has 4 rings (SSSR count). The number of hydrogen-bond acceptors (Lipinski definition) is 2. The highest BCUT2D eigenvalue weighted by molar-refractivity contribution is 5.89. The van der Waals surface area contributed by atoms with Gasteiger partial charge in [0.25, 0.3) is 5.56 Å². The van der Waals surface area contributed by atoms with Crippen molar-refractivity contribution >= 4 is 16.8 Å². The number of aryl methyl sites for hydroxylation is 2. The van der Waals surface area contributed by atoms with Crippen LogP contribution in [0.5, 0.6) is 0 Å². The van der Waals surface area contributed by atoms with Gasteiger partial charge in [-0.3, -0.25) is 9.59 Å². The van der Waals surface area contributed by atoms with Gasteiger partial charge in [0.05, 0.1) is 0 Å². The zero-order valence-corrected chi connectivity index (χ0v) is 16.5. The number of aromatic amines is 1. The van der Waals surface area contributed by atoms with E-state index in [4.69, 9.17) is 0 Å². The lowest BCUT2D eigenvalue weighted by atomic mass is 10.1. The summed E-state index contributed by atoms with van der Waals surface area (Å²) in [7, 11) is 0. The molecule has 0 bridgehead atoms. The average Bonchev–Trinajstić information content (AvgIpc) is 3.06. The predicted octanol–water partition coefficient (Wildman–Crippen LogP) is 3.93. The molecule has 146 valence electrons. The summed E-state index contributed by atoms with van der Waals surface area (Å²) in [6.45, 7) is 4.12. The van der Waals surface area contributed by atoms with Crippen molar-refractivity contribution in [2.45, 2.75) is 26.9 Å². The van der Waals surface area contributed by atoms with Crippen LogP contribution < -0.4 is 10.9 Å². The van der Waals surface area contributed by atoms with E-state index in [1.54, 1.807) is 0 Å². The van der Waals surface area contributed by atoms with Crippen LogP contribution in [0.25, 0.3) is 22.2 Å². The minimum atomic E-state index is -0.154. The van der Waals surface area contributed by atoms with Gasteiger partial charge in [-0.25, -0.2) is 0 Å². The number of para-hydroxylation sites is 1. The Labute approximate surface area is 169 Å². The first kappa shape index (κ1) is 18.7. The summed E-state index contributed by atoms with van der Waals surface area (Å²) >= 11 is 0. The van der Waals surface area contributed by atoms with E-state index in [0.717, 1.165) is 33.4 Å². The Morgan fingerprint density at radius 1 is 1.00 bits per heavy atom. The Balaban J connectivity index is 1.61. The van der Waals surface area contributed by atoms with Crippen LogP contribution in [0.2, 0.25) is 0 Å². The van der Waals surface area contributed by atoms with E-state index < -0.39 is 0 Å². The van der Waals surface area contributed by atoms with Crippen molar-refractivity contribution in [2.75, 3.05) is 0 Å². The highest BCUT2D eigenvalue weighted by Crippen LogP contribution is 2.28. The molecule has 5 heteroatoms. The number of nitrogens with zero attached hydrogens (tertiary/aromatic N) is 1. The number of fused-ring (bicyclic) bond motifs is 1. The maximum absolute atomic E-state index is 12.8. The molecule has 0 aliphatic rings. The Morgan fingerprint density at radius 3 is 2.48 bits per heavy atom. The lowest BCUT2D eigenvalue weighted by Crippen LogP contribution is -2.30.